The van der Waals surface area contributed by atoms with Crippen LogP contribution in [0.5, 0.6) is 0 Å². The Hall–Kier alpha value is -2.70. The first-order valence-electron chi connectivity index (χ1n) is 7.66. The lowest BCUT2D eigenvalue weighted by molar-refractivity contribution is 0.625. The van der Waals surface area contributed by atoms with E-state index in [-0.39, 0.29) is 17.9 Å². The molecule has 2 aromatic carbocycles. The molecule has 130 valence electrons. The standard InChI is InChI=1S/C18H11Cl2FN4O/c19-11-6-15-17(16(20)7-11)22-10-24(18(15)26)9-13-4-5-25(23-13)14-3-1-2-12(21)8-14/h1-8,10H,9H2. The maximum absolute atomic E-state index is 13.4. The average Bonchev–Trinajstić information content (AvgIpc) is 3.06. The van der Waals surface area contributed by atoms with Crippen molar-refractivity contribution >= 4 is 34.1 Å². The van der Waals surface area contributed by atoms with E-state index < -0.39 is 0 Å². The van der Waals surface area contributed by atoms with Crippen LogP contribution in [0.2, 0.25) is 10.0 Å². The maximum Gasteiger partial charge on any atom is 0.261 e. The molecule has 5 nitrogen and oxygen atoms in total. The van der Waals surface area contributed by atoms with Crippen LogP contribution in [0, 0.1) is 5.82 Å². The SMILES string of the molecule is O=c1c2cc(Cl)cc(Cl)c2ncn1Cc1ccn(-c2cccc(F)c2)n1. The average molecular weight is 389 g/mol. The Kier molecular flexibility index (Phi) is 4.22. The van der Waals surface area contributed by atoms with Gasteiger partial charge in [0.25, 0.3) is 5.56 Å². The zero-order valence-electron chi connectivity index (χ0n) is 13.2. The molecule has 0 saturated carbocycles. The summed E-state index contributed by atoms with van der Waals surface area (Å²) in [7, 11) is 0. The van der Waals surface area contributed by atoms with Crippen LogP contribution in [0.3, 0.4) is 0 Å². The molecule has 4 rings (SSSR count). The van der Waals surface area contributed by atoms with Crippen LogP contribution in [0.15, 0.2) is 59.8 Å². The first kappa shape index (κ1) is 16.8. The number of rotatable bonds is 3. The molecular weight excluding hydrogens is 378 g/mol. The Morgan fingerprint density at radius 1 is 1.12 bits per heavy atom. The van der Waals surface area contributed by atoms with Gasteiger partial charge in [0.15, 0.2) is 0 Å². The van der Waals surface area contributed by atoms with E-state index in [0.29, 0.717) is 32.3 Å². The molecule has 0 spiro atoms. The lowest BCUT2D eigenvalue weighted by atomic mass is 10.2. The molecule has 4 aromatic rings. The maximum atomic E-state index is 13.4. The van der Waals surface area contributed by atoms with E-state index in [1.165, 1.54) is 23.0 Å². The molecular formula is C18H11Cl2FN4O. The normalized spacial score (nSPS) is 11.2. The summed E-state index contributed by atoms with van der Waals surface area (Å²) in [6.07, 6.45) is 3.13. The topological polar surface area (TPSA) is 52.7 Å². The largest absolute Gasteiger partial charge is 0.293 e. The highest BCUT2D eigenvalue weighted by Gasteiger charge is 2.10. The highest BCUT2D eigenvalue weighted by molar-refractivity contribution is 6.38. The molecule has 2 aromatic heterocycles. The summed E-state index contributed by atoms with van der Waals surface area (Å²) in [4.78, 5) is 16.9. The van der Waals surface area contributed by atoms with Crippen molar-refractivity contribution in [2.45, 2.75) is 6.54 Å². The quantitative estimate of drug-likeness (QED) is 0.531. The highest BCUT2D eigenvalue weighted by atomic mass is 35.5. The molecule has 0 aliphatic rings. The zero-order valence-corrected chi connectivity index (χ0v) is 14.7. The Morgan fingerprint density at radius 3 is 2.77 bits per heavy atom. The first-order valence-corrected chi connectivity index (χ1v) is 8.41. The van der Waals surface area contributed by atoms with Crippen molar-refractivity contribution in [2.75, 3.05) is 0 Å². The molecule has 0 amide bonds. The smallest absolute Gasteiger partial charge is 0.261 e. The van der Waals surface area contributed by atoms with Gasteiger partial charge in [-0.1, -0.05) is 29.3 Å². The number of halogens is 3. The van der Waals surface area contributed by atoms with Gasteiger partial charge in [0, 0.05) is 11.2 Å². The third-order valence-corrected chi connectivity index (χ3v) is 4.40. The van der Waals surface area contributed by atoms with E-state index in [2.05, 4.69) is 10.1 Å². The molecule has 26 heavy (non-hydrogen) atoms. The van der Waals surface area contributed by atoms with Crippen LogP contribution in [-0.4, -0.2) is 19.3 Å². The van der Waals surface area contributed by atoms with Gasteiger partial charge in [0.1, 0.15) is 5.82 Å². The van der Waals surface area contributed by atoms with E-state index in [0.717, 1.165) is 0 Å². The van der Waals surface area contributed by atoms with Crippen molar-refractivity contribution in [3.63, 3.8) is 0 Å². The summed E-state index contributed by atoms with van der Waals surface area (Å²) in [5.74, 6) is -0.344. The third kappa shape index (κ3) is 3.09. The van der Waals surface area contributed by atoms with E-state index >= 15 is 0 Å². The summed E-state index contributed by atoms with van der Waals surface area (Å²) in [5, 5.41) is 5.42. The summed E-state index contributed by atoms with van der Waals surface area (Å²) >= 11 is 12.1. The second-order valence-corrected chi connectivity index (χ2v) is 6.54. The van der Waals surface area contributed by atoms with Gasteiger partial charge in [-0.3, -0.25) is 9.36 Å². The Bertz CT molecular complexity index is 1190. The molecule has 8 heteroatoms. The number of benzene rings is 2. The van der Waals surface area contributed by atoms with Gasteiger partial charge in [-0.15, -0.1) is 0 Å². The molecule has 0 N–H and O–H groups in total. The van der Waals surface area contributed by atoms with Gasteiger partial charge in [-0.05, 0) is 36.4 Å². The van der Waals surface area contributed by atoms with E-state index in [9.17, 15) is 9.18 Å². The minimum Gasteiger partial charge on any atom is -0.293 e. The van der Waals surface area contributed by atoms with Crippen molar-refractivity contribution in [3.05, 3.63) is 86.9 Å². The second kappa shape index (κ2) is 6.55. The number of hydrogen-bond acceptors (Lipinski definition) is 3. The molecule has 0 atom stereocenters. The van der Waals surface area contributed by atoms with E-state index in [4.69, 9.17) is 23.2 Å². The Balaban J connectivity index is 1.70. The van der Waals surface area contributed by atoms with Crippen LogP contribution in [-0.2, 0) is 6.54 Å². The summed E-state index contributed by atoms with van der Waals surface area (Å²) < 4.78 is 16.3. The molecule has 0 radical (unpaired) electrons. The predicted octanol–water partition coefficient (Wildman–Crippen LogP) is 4.08. The van der Waals surface area contributed by atoms with Crippen molar-refractivity contribution < 1.29 is 4.39 Å². The lowest BCUT2D eigenvalue weighted by Crippen LogP contribution is -2.21. The molecule has 0 aliphatic heterocycles. The van der Waals surface area contributed by atoms with Crippen LogP contribution < -0.4 is 5.56 Å². The minimum atomic E-state index is -0.344. The molecule has 0 aliphatic carbocycles. The zero-order chi connectivity index (χ0) is 18.3. The van der Waals surface area contributed by atoms with Crippen molar-refractivity contribution in [3.8, 4) is 5.69 Å². The molecule has 0 fully saturated rings. The molecule has 2 heterocycles. The third-order valence-electron chi connectivity index (χ3n) is 3.90. The fourth-order valence-corrected chi connectivity index (χ4v) is 3.23. The van der Waals surface area contributed by atoms with Crippen LogP contribution in [0.1, 0.15) is 5.69 Å². The van der Waals surface area contributed by atoms with E-state index in [1.54, 1.807) is 41.2 Å². The molecule has 0 bridgehead atoms. The first-order chi connectivity index (χ1) is 12.5. The van der Waals surface area contributed by atoms with Gasteiger partial charge in [-0.25, -0.2) is 14.1 Å². The van der Waals surface area contributed by atoms with Crippen LogP contribution >= 0.6 is 23.2 Å². The summed E-state index contributed by atoms with van der Waals surface area (Å²) in [6, 6.07) is 10.9. The highest BCUT2D eigenvalue weighted by Crippen LogP contribution is 2.24. The Labute approximate surface area is 157 Å². The van der Waals surface area contributed by atoms with Gasteiger partial charge in [0.2, 0.25) is 0 Å². The molecule has 0 saturated heterocycles. The number of nitrogens with zero attached hydrogens (tertiary/aromatic N) is 4. The fraction of sp³-hybridized carbons (Fsp3) is 0.0556. The fourth-order valence-electron chi connectivity index (χ4n) is 2.69. The lowest BCUT2D eigenvalue weighted by Gasteiger charge is -2.06. The van der Waals surface area contributed by atoms with Crippen molar-refractivity contribution in [1.82, 2.24) is 19.3 Å². The predicted molar refractivity (Wildman–Crippen MR) is 98.6 cm³/mol. The van der Waals surface area contributed by atoms with Crippen LogP contribution in [0.25, 0.3) is 16.6 Å². The van der Waals surface area contributed by atoms with Gasteiger partial charge >= 0.3 is 0 Å². The van der Waals surface area contributed by atoms with Crippen molar-refractivity contribution in [2.24, 2.45) is 0 Å². The van der Waals surface area contributed by atoms with E-state index in [1.807, 2.05) is 0 Å². The minimum absolute atomic E-state index is 0.216. The number of fused-ring (bicyclic) bond motifs is 1. The van der Waals surface area contributed by atoms with Gasteiger partial charge in [0.05, 0.1) is 40.2 Å². The van der Waals surface area contributed by atoms with Crippen molar-refractivity contribution in [1.29, 1.82) is 0 Å². The summed E-state index contributed by atoms with van der Waals surface area (Å²) in [5.41, 5.74) is 1.37. The van der Waals surface area contributed by atoms with Gasteiger partial charge < -0.3 is 0 Å². The number of hydrogen-bond donors (Lipinski definition) is 0. The van der Waals surface area contributed by atoms with Crippen LogP contribution in [0.4, 0.5) is 4.39 Å². The van der Waals surface area contributed by atoms with Gasteiger partial charge in [-0.2, -0.15) is 5.10 Å². The second-order valence-electron chi connectivity index (χ2n) is 5.69. The molecule has 0 unspecified atom stereocenters. The Morgan fingerprint density at radius 2 is 1.96 bits per heavy atom. The summed E-state index contributed by atoms with van der Waals surface area (Å²) in [6.45, 7) is 0.216. The number of aromatic nitrogens is 4. The monoisotopic (exact) mass is 388 g/mol.